The number of rotatable bonds is 4. The second-order valence-electron chi connectivity index (χ2n) is 4.38. The molecule has 0 saturated carbocycles. The number of hydrogen-bond donors (Lipinski definition) is 2. The quantitative estimate of drug-likeness (QED) is 0.643. The third-order valence-electron chi connectivity index (χ3n) is 2.75. The Morgan fingerprint density at radius 1 is 1.14 bits per heavy atom. The van der Waals surface area contributed by atoms with Crippen LogP contribution in [0.2, 0.25) is 0 Å². The molecule has 1 rings (SSSR count). The Hall–Kier alpha value is -1.15. The number of alkyl halides is 7. The summed E-state index contributed by atoms with van der Waals surface area (Å²) >= 11 is 5.32. The van der Waals surface area contributed by atoms with Crippen LogP contribution >= 0.6 is 11.6 Å². The molecular formula is C12H12ClF6NO. The highest BCUT2D eigenvalue weighted by Crippen LogP contribution is 2.40. The third kappa shape index (κ3) is 4.67. The van der Waals surface area contributed by atoms with Crippen LogP contribution in [0.25, 0.3) is 0 Å². The molecule has 2 N–H and O–H groups in total. The molecule has 0 radical (unpaired) electrons. The van der Waals surface area contributed by atoms with Gasteiger partial charge in [-0.25, -0.2) is 0 Å². The zero-order valence-corrected chi connectivity index (χ0v) is 11.5. The lowest BCUT2D eigenvalue weighted by Crippen LogP contribution is -2.22. The largest absolute Gasteiger partial charge is 0.416 e. The first-order valence-corrected chi connectivity index (χ1v) is 6.27. The van der Waals surface area contributed by atoms with Crippen LogP contribution in [0.4, 0.5) is 32.0 Å². The van der Waals surface area contributed by atoms with Crippen molar-refractivity contribution < 1.29 is 31.4 Å². The summed E-state index contributed by atoms with van der Waals surface area (Å²) < 4.78 is 76.4. The van der Waals surface area contributed by atoms with Crippen molar-refractivity contribution >= 4 is 17.3 Å². The first-order chi connectivity index (χ1) is 9.46. The van der Waals surface area contributed by atoms with Crippen LogP contribution in [0.5, 0.6) is 0 Å². The zero-order chi connectivity index (χ0) is 16.4. The van der Waals surface area contributed by atoms with E-state index in [1.807, 2.05) is 0 Å². The van der Waals surface area contributed by atoms with E-state index in [1.165, 1.54) is 0 Å². The lowest BCUT2D eigenvalue weighted by atomic mass is 10.0. The van der Waals surface area contributed by atoms with Gasteiger partial charge in [0.15, 0.2) is 0 Å². The highest BCUT2D eigenvalue weighted by molar-refractivity contribution is 6.18. The van der Waals surface area contributed by atoms with E-state index in [0.717, 1.165) is 6.92 Å². The number of hydrogen-bond acceptors (Lipinski definition) is 2. The van der Waals surface area contributed by atoms with Crippen molar-refractivity contribution in [2.24, 2.45) is 0 Å². The molecule has 2 nitrogen and oxygen atoms in total. The summed E-state index contributed by atoms with van der Waals surface area (Å²) in [5.41, 5.74) is -3.51. The second kappa shape index (κ2) is 6.31. The zero-order valence-electron chi connectivity index (χ0n) is 10.7. The Bertz CT molecular complexity index is 500. The predicted molar refractivity (Wildman–Crippen MR) is 66.4 cm³/mol. The summed E-state index contributed by atoms with van der Waals surface area (Å²) in [6, 6.07) is 0.643. The van der Waals surface area contributed by atoms with Gasteiger partial charge in [-0.1, -0.05) is 0 Å². The molecule has 0 aliphatic rings. The number of anilines is 1. The standard InChI is InChI=1S/C12H12ClF6NO/c1-6-9(12(17,18)19)2-7(11(14,15)16)3-10(6)20-5-8(21)4-13/h2-3,8,20-21H,4-5H2,1H3. The molecule has 0 aliphatic carbocycles. The minimum Gasteiger partial charge on any atom is -0.390 e. The van der Waals surface area contributed by atoms with Gasteiger partial charge in [0.1, 0.15) is 0 Å². The minimum absolute atomic E-state index is 0.0679. The molecule has 0 spiro atoms. The van der Waals surface area contributed by atoms with Crippen LogP contribution in [0.1, 0.15) is 16.7 Å². The molecule has 1 atom stereocenters. The molecular weight excluding hydrogens is 324 g/mol. The molecule has 9 heteroatoms. The van der Waals surface area contributed by atoms with E-state index < -0.39 is 29.6 Å². The predicted octanol–water partition coefficient (Wildman–Crippen LogP) is 4.04. The van der Waals surface area contributed by atoms with Gasteiger partial charge in [0.25, 0.3) is 0 Å². The Balaban J connectivity index is 3.29. The SMILES string of the molecule is Cc1c(NCC(O)CCl)cc(C(F)(F)F)cc1C(F)(F)F. The molecule has 1 aromatic carbocycles. The van der Waals surface area contributed by atoms with Crippen LogP contribution in [-0.2, 0) is 12.4 Å². The van der Waals surface area contributed by atoms with E-state index >= 15 is 0 Å². The first-order valence-electron chi connectivity index (χ1n) is 5.73. The minimum atomic E-state index is -4.91. The fourth-order valence-corrected chi connectivity index (χ4v) is 1.75. The summed E-state index contributed by atoms with van der Waals surface area (Å²) in [7, 11) is 0. The Morgan fingerprint density at radius 3 is 2.14 bits per heavy atom. The molecule has 0 aliphatic heterocycles. The fourth-order valence-electron chi connectivity index (χ4n) is 1.64. The molecule has 0 heterocycles. The van der Waals surface area contributed by atoms with Crippen LogP contribution in [0.3, 0.4) is 0 Å². The van der Waals surface area contributed by atoms with Gasteiger partial charge in [0.05, 0.1) is 23.1 Å². The molecule has 1 unspecified atom stereocenters. The third-order valence-corrected chi connectivity index (χ3v) is 3.10. The first kappa shape index (κ1) is 17.9. The van der Waals surface area contributed by atoms with Gasteiger partial charge < -0.3 is 10.4 Å². The maximum Gasteiger partial charge on any atom is 0.416 e. The monoisotopic (exact) mass is 335 g/mol. The van der Waals surface area contributed by atoms with Gasteiger partial charge in [-0.15, -0.1) is 11.6 Å². The normalized spacial score (nSPS) is 14.1. The lowest BCUT2D eigenvalue weighted by Gasteiger charge is -2.19. The molecule has 0 saturated heterocycles. The summed E-state index contributed by atoms with van der Waals surface area (Å²) in [5, 5.41) is 11.6. The van der Waals surface area contributed by atoms with Gasteiger partial charge in [0, 0.05) is 12.2 Å². The Morgan fingerprint density at radius 2 is 1.71 bits per heavy atom. The maximum atomic E-state index is 12.8. The molecule has 120 valence electrons. The summed E-state index contributed by atoms with van der Waals surface area (Å²) in [6.45, 7) is 0.793. The number of nitrogens with one attached hydrogen (secondary N) is 1. The van der Waals surface area contributed by atoms with Gasteiger partial charge in [-0.3, -0.25) is 0 Å². The average molecular weight is 336 g/mol. The van der Waals surface area contributed by atoms with Gasteiger partial charge in [-0.2, -0.15) is 26.3 Å². The van der Waals surface area contributed by atoms with E-state index in [-0.39, 0.29) is 29.7 Å². The lowest BCUT2D eigenvalue weighted by molar-refractivity contribution is -0.143. The Kier molecular flexibility index (Phi) is 5.38. The van der Waals surface area contributed by atoms with Crippen molar-refractivity contribution in [3.8, 4) is 0 Å². The number of aliphatic hydroxyl groups is 1. The molecule has 21 heavy (non-hydrogen) atoms. The van der Waals surface area contributed by atoms with Gasteiger partial charge >= 0.3 is 12.4 Å². The Labute approximate surface area is 121 Å². The van der Waals surface area contributed by atoms with Crippen molar-refractivity contribution in [2.45, 2.75) is 25.4 Å². The van der Waals surface area contributed by atoms with Crippen LogP contribution in [0, 0.1) is 6.92 Å². The topological polar surface area (TPSA) is 32.3 Å². The smallest absolute Gasteiger partial charge is 0.390 e. The summed E-state index contributed by atoms with van der Waals surface area (Å²) in [6.07, 6.45) is -10.9. The summed E-state index contributed by atoms with van der Waals surface area (Å²) in [5.74, 6) is -0.197. The van der Waals surface area contributed by atoms with E-state index in [2.05, 4.69) is 5.32 Å². The van der Waals surface area contributed by atoms with Gasteiger partial charge in [0.2, 0.25) is 0 Å². The van der Waals surface area contributed by atoms with E-state index in [0.29, 0.717) is 6.07 Å². The molecule has 0 fully saturated rings. The van der Waals surface area contributed by atoms with Crippen LogP contribution < -0.4 is 5.32 Å². The van der Waals surface area contributed by atoms with E-state index in [1.54, 1.807) is 0 Å². The fraction of sp³-hybridized carbons (Fsp3) is 0.500. The number of aliphatic hydroxyl groups excluding tert-OH is 1. The molecule has 0 amide bonds. The van der Waals surface area contributed by atoms with Crippen LogP contribution in [-0.4, -0.2) is 23.6 Å². The molecule has 1 aromatic rings. The van der Waals surface area contributed by atoms with Crippen LogP contribution in [0.15, 0.2) is 12.1 Å². The second-order valence-corrected chi connectivity index (χ2v) is 4.69. The molecule has 0 aromatic heterocycles. The summed E-state index contributed by atoms with van der Waals surface area (Å²) in [4.78, 5) is 0. The highest BCUT2D eigenvalue weighted by Gasteiger charge is 2.38. The van der Waals surface area contributed by atoms with Crippen molar-refractivity contribution in [2.75, 3.05) is 17.7 Å². The van der Waals surface area contributed by atoms with Crippen molar-refractivity contribution in [1.29, 1.82) is 0 Å². The number of benzene rings is 1. The maximum absolute atomic E-state index is 12.8. The molecule has 0 bridgehead atoms. The van der Waals surface area contributed by atoms with Crippen molar-refractivity contribution in [3.05, 3.63) is 28.8 Å². The van der Waals surface area contributed by atoms with E-state index in [4.69, 9.17) is 11.6 Å². The average Bonchev–Trinajstić information content (AvgIpc) is 2.34. The van der Waals surface area contributed by atoms with Crippen molar-refractivity contribution in [3.63, 3.8) is 0 Å². The van der Waals surface area contributed by atoms with Gasteiger partial charge in [-0.05, 0) is 24.6 Å². The highest BCUT2D eigenvalue weighted by atomic mass is 35.5. The number of halogens is 7. The van der Waals surface area contributed by atoms with E-state index in [9.17, 15) is 31.4 Å². The van der Waals surface area contributed by atoms with Crippen molar-refractivity contribution in [1.82, 2.24) is 0 Å².